The Kier molecular flexibility index (Phi) is 17.8. The van der Waals surface area contributed by atoms with Crippen LogP contribution in [0.2, 0.25) is 0 Å². The van der Waals surface area contributed by atoms with Crippen molar-refractivity contribution in [3.05, 3.63) is 12.3 Å². The molecule has 22 valence electrons. The van der Waals surface area contributed by atoms with E-state index in [0.717, 1.165) is 0 Å². The van der Waals surface area contributed by atoms with Gasteiger partial charge in [0.25, 0.3) is 0 Å². The molecular formula is C2H3KOSi. The molecule has 0 N–H and O–H groups in total. The van der Waals surface area contributed by atoms with Crippen molar-refractivity contribution < 1.29 is 56.2 Å². The van der Waals surface area contributed by atoms with Crippen LogP contribution < -0.4 is 56.2 Å². The monoisotopic (exact) mass is 110 g/mol. The molecule has 0 bridgehead atoms. The van der Waals surface area contributed by atoms with Gasteiger partial charge in [0.2, 0.25) is 0 Å². The van der Waals surface area contributed by atoms with Gasteiger partial charge in [-0.1, -0.05) is 9.76 Å². The maximum absolute atomic E-state index is 9.21. The van der Waals surface area contributed by atoms with Crippen molar-refractivity contribution in [2.24, 2.45) is 0 Å². The van der Waals surface area contributed by atoms with E-state index in [1.54, 1.807) is 0 Å². The maximum atomic E-state index is 9.21. The second kappa shape index (κ2) is 9.12. The van der Waals surface area contributed by atoms with Crippen LogP contribution in [0.3, 0.4) is 0 Å². The first-order valence-electron chi connectivity index (χ1n) is 0.901. The largest absolute Gasteiger partial charge is 1.00 e. The Labute approximate surface area is 76.8 Å². The Bertz CT molecular complexity index is 23.6. The first-order chi connectivity index (χ1) is 1.91. The molecule has 2 radical (unpaired) electrons. The third-order valence-corrected chi connectivity index (χ3v) is 0.250. The van der Waals surface area contributed by atoms with Crippen LogP contribution in [0.4, 0.5) is 0 Å². The molecule has 0 heterocycles. The molecule has 1 nitrogen and oxygen atoms in total. The Morgan fingerprint density at radius 2 is 2.00 bits per heavy atom. The van der Waals surface area contributed by atoms with Crippen molar-refractivity contribution in [2.45, 2.75) is 0 Å². The maximum Gasteiger partial charge on any atom is 1.00 e. The van der Waals surface area contributed by atoms with E-state index in [9.17, 15) is 4.80 Å². The molecule has 0 fully saturated rings. The smallest absolute Gasteiger partial charge is 0.860 e. The summed E-state index contributed by atoms with van der Waals surface area (Å²) in [5.41, 5.74) is 1.35. The van der Waals surface area contributed by atoms with Crippen molar-refractivity contribution in [2.75, 3.05) is 0 Å². The van der Waals surface area contributed by atoms with Gasteiger partial charge in [-0.2, -0.15) is 0 Å². The fourth-order valence-corrected chi connectivity index (χ4v) is 0. The summed E-state index contributed by atoms with van der Waals surface area (Å²) in [4.78, 5) is 9.21. The van der Waals surface area contributed by atoms with E-state index in [-0.39, 0.29) is 61.1 Å². The quantitative estimate of drug-likeness (QED) is 0.317. The minimum absolute atomic E-state index is 0. The van der Waals surface area contributed by atoms with Gasteiger partial charge in [-0.3, -0.25) is 0 Å². The summed E-state index contributed by atoms with van der Waals surface area (Å²) in [7, 11) is -0.346. The molecular weight excluding hydrogens is 107 g/mol. The predicted octanol–water partition coefficient (Wildman–Crippen LogP) is -3.89. The van der Waals surface area contributed by atoms with E-state index >= 15 is 0 Å². The average Bonchev–Trinajstić information content (AvgIpc) is 1.37. The van der Waals surface area contributed by atoms with Crippen molar-refractivity contribution in [1.82, 2.24) is 0 Å². The molecule has 5 heavy (non-hydrogen) atoms. The van der Waals surface area contributed by atoms with Crippen LogP contribution in [0.5, 0.6) is 0 Å². The van der Waals surface area contributed by atoms with Gasteiger partial charge in [0.1, 0.15) is 0 Å². The van der Waals surface area contributed by atoms with Crippen molar-refractivity contribution in [3.63, 3.8) is 0 Å². The SMILES string of the molecule is C=C[Si][O-].[K+]. The molecule has 0 amide bonds. The number of hydrogen-bond donors (Lipinski definition) is 0. The molecule has 0 aromatic heterocycles. The van der Waals surface area contributed by atoms with E-state index in [1.165, 1.54) is 5.70 Å². The summed E-state index contributed by atoms with van der Waals surface area (Å²) in [6.07, 6.45) is 0. The van der Waals surface area contributed by atoms with Crippen LogP contribution in [0, 0.1) is 0 Å². The zero-order valence-electron chi connectivity index (χ0n) is 3.19. The molecule has 0 saturated heterocycles. The minimum atomic E-state index is -0.346. The van der Waals surface area contributed by atoms with Crippen LogP contribution in [0.15, 0.2) is 12.3 Å². The molecule has 0 aliphatic rings. The summed E-state index contributed by atoms with van der Waals surface area (Å²) < 4.78 is 0. The van der Waals surface area contributed by atoms with Gasteiger partial charge >= 0.3 is 51.4 Å². The van der Waals surface area contributed by atoms with Crippen LogP contribution in [0.25, 0.3) is 0 Å². The third kappa shape index (κ3) is 10.8. The molecule has 0 aliphatic heterocycles. The van der Waals surface area contributed by atoms with Gasteiger partial charge < -0.3 is 4.80 Å². The second-order valence-electron chi connectivity index (χ2n) is 0.322. The topological polar surface area (TPSA) is 23.1 Å². The third-order valence-electron chi connectivity index (χ3n) is 0.0833. The van der Waals surface area contributed by atoms with Gasteiger partial charge in [0, 0.05) is 0 Å². The fourth-order valence-electron chi connectivity index (χ4n) is 0. The van der Waals surface area contributed by atoms with E-state index in [1.807, 2.05) is 0 Å². The summed E-state index contributed by atoms with van der Waals surface area (Å²) in [5, 5.41) is 0. The molecule has 0 unspecified atom stereocenters. The molecule has 0 spiro atoms. The number of hydrogen-bond acceptors (Lipinski definition) is 1. The molecule has 0 atom stereocenters. The van der Waals surface area contributed by atoms with Gasteiger partial charge in [-0.15, -0.1) is 12.3 Å². The zero-order chi connectivity index (χ0) is 3.41. The molecule has 0 aromatic carbocycles. The van der Waals surface area contributed by atoms with Crippen molar-refractivity contribution >= 4 is 9.76 Å². The van der Waals surface area contributed by atoms with E-state index in [4.69, 9.17) is 0 Å². The standard InChI is InChI=1S/C2H3OSi.K/c1-2-4-3;/h2H,1H2;/q-1;+1. The Morgan fingerprint density at radius 1 is 1.80 bits per heavy atom. The Morgan fingerprint density at radius 3 is 2.00 bits per heavy atom. The molecule has 0 saturated carbocycles. The van der Waals surface area contributed by atoms with Gasteiger partial charge in [-0.05, 0) is 0 Å². The normalized spacial score (nSPS) is 5.00. The minimum Gasteiger partial charge on any atom is -0.860 e. The first kappa shape index (κ1) is 9.75. The summed E-state index contributed by atoms with van der Waals surface area (Å²) in [5.74, 6) is 0. The second-order valence-corrected chi connectivity index (χ2v) is 0.966. The van der Waals surface area contributed by atoms with Crippen LogP contribution in [-0.2, 0) is 0 Å². The molecule has 3 heteroatoms. The molecule has 0 aromatic rings. The van der Waals surface area contributed by atoms with E-state index in [0.29, 0.717) is 0 Å². The molecule has 0 rings (SSSR count). The first-order valence-corrected chi connectivity index (χ1v) is 1.89. The van der Waals surface area contributed by atoms with E-state index in [2.05, 4.69) is 6.58 Å². The summed E-state index contributed by atoms with van der Waals surface area (Å²) >= 11 is 0. The zero-order valence-corrected chi connectivity index (χ0v) is 7.32. The van der Waals surface area contributed by atoms with Crippen LogP contribution >= 0.6 is 0 Å². The van der Waals surface area contributed by atoms with Crippen molar-refractivity contribution in [1.29, 1.82) is 0 Å². The van der Waals surface area contributed by atoms with Crippen LogP contribution in [-0.4, -0.2) is 9.76 Å². The van der Waals surface area contributed by atoms with Crippen molar-refractivity contribution in [3.8, 4) is 0 Å². The Hall–Kier alpha value is 1.55. The van der Waals surface area contributed by atoms with Gasteiger partial charge in [0.15, 0.2) is 0 Å². The Balaban J connectivity index is 0. The van der Waals surface area contributed by atoms with Gasteiger partial charge in [-0.25, -0.2) is 0 Å². The summed E-state index contributed by atoms with van der Waals surface area (Å²) in [6, 6.07) is 0. The predicted molar refractivity (Wildman–Crippen MR) is 16.0 cm³/mol. The number of rotatable bonds is 1. The van der Waals surface area contributed by atoms with E-state index < -0.39 is 0 Å². The van der Waals surface area contributed by atoms with Crippen LogP contribution in [0.1, 0.15) is 0 Å². The van der Waals surface area contributed by atoms with Gasteiger partial charge in [0.05, 0.1) is 0 Å². The average molecular weight is 110 g/mol. The fraction of sp³-hybridized carbons (Fsp3) is 0. The molecule has 0 aliphatic carbocycles. The summed E-state index contributed by atoms with van der Waals surface area (Å²) in [6.45, 7) is 3.18.